The molecule has 102 valence electrons. The van der Waals surface area contributed by atoms with Crippen molar-refractivity contribution in [3.63, 3.8) is 0 Å². The summed E-state index contributed by atoms with van der Waals surface area (Å²) in [5.41, 5.74) is 1.93. The minimum atomic E-state index is -0.944. The van der Waals surface area contributed by atoms with Crippen LogP contribution in [-0.4, -0.2) is 29.8 Å². The largest absolute Gasteiger partial charge is 0.481 e. The zero-order valence-electron chi connectivity index (χ0n) is 10.8. The van der Waals surface area contributed by atoms with E-state index in [1.807, 2.05) is 31.2 Å². The standard InChI is InChI=1S/C14H17NO4/c1-2-10-5-3-4-6-12(10)15-8-7-11(9-13(16)17)19-14(15)18/h3-6,11H,2,7-9H2,1H3,(H,16,17). The van der Waals surface area contributed by atoms with Crippen LogP contribution < -0.4 is 4.90 Å². The molecule has 5 nitrogen and oxygen atoms in total. The molecule has 1 aliphatic rings. The number of nitrogens with zero attached hydrogens (tertiary/aromatic N) is 1. The Morgan fingerprint density at radius 1 is 1.47 bits per heavy atom. The molecule has 2 rings (SSSR count). The topological polar surface area (TPSA) is 66.8 Å². The highest BCUT2D eigenvalue weighted by Crippen LogP contribution is 2.26. The average Bonchev–Trinajstić information content (AvgIpc) is 2.38. The molecule has 0 aliphatic carbocycles. The van der Waals surface area contributed by atoms with E-state index in [4.69, 9.17) is 9.84 Å². The molecular formula is C14H17NO4. The number of para-hydroxylation sites is 1. The Morgan fingerprint density at radius 3 is 2.84 bits per heavy atom. The van der Waals surface area contributed by atoms with E-state index in [1.165, 1.54) is 0 Å². The summed E-state index contributed by atoms with van der Waals surface area (Å²) in [6.45, 7) is 2.52. The molecule has 0 bridgehead atoms. The van der Waals surface area contributed by atoms with Gasteiger partial charge in [-0.1, -0.05) is 25.1 Å². The van der Waals surface area contributed by atoms with E-state index in [0.717, 1.165) is 17.7 Å². The summed E-state index contributed by atoms with van der Waals surface area (Å²) in [5.74, 6) is -0.944. The van der Waals surface area contributed by atoms with Crippen molar-refractivity contribution in [3.8, 4) is 0 Å². The Kier molecular flexibility index (Phi) is 4.04. The van der Waals surface area contributed by atoms with Gasteiger partial charge in [-0.05, 0) is 18.1 Å². The number of ether oxygens (including phenoxy) is 1. The minimum Gasteiger partial charge on any atom is -0.481 e. The van der Waals surface area contributed by atoms with Crippen molar-refractivity contribution < 1.29 is 19.4 Å². The summed E-state index contributed by atoms with van der Waals surface area (Å²) >= 11 is 0. The number of benzene rings is 1. The van der Waals surface area contributed by atoms with Crippen LogP contribution in [0.2, 0.25) is 0 Å². The number of carboxylic acid groups (broad SMARTS) is 1. The summed E-state index contributed by atoms with van der Waals surface area (Å²) < 4.78 is 5.17. The number of hydrogen-bond acceptors (Lipinski definition) is 3. The van der Waals surface area contributed by atoms with Crippen molar-refractivity contribution in [2.24, 2.45) is 0 Å². The van der Waals surface area contributed by atoms with Crippen molar-refractivity contribution in [1.29, 1.82) is 0 Å². The van der Waals surface area contributed by atoms with Gasteiger partial charge < -0.3 is 9.84 Å². The lowest BCUT2D eigenvalue weighted by molar-refractivity contribution is -0.139. The molecule has 0 aromatic heterocycles. The first-order valence-corrected chi connectivity index (χ1v) is 6.39. The lowest BCUT2D eigenvalue weighted by Gasteiger charge is -2.32. The number of hydrogen-bond donors (Lipinski definition) is 1. The summed E-state index contributed by atoms with van der Waals surface area (Å²) in [7, 11) is 0. The highest BCUT2D eigenvalue weighted by atomic mass is 16.6. The SMILES string of the molecule is CCc1ccccc1N1CCC(CC(=O)O)OC1=O. The van der Waals surface area contributed by atoms with Gasteiger partial charge in [-0.25, -0.2) is 4.79 Å². The molecule has 1 fully saturated rings. The lowest BCUT2D eigenvalue weighted by Crippen LogP contribution is -2.43. The zero-order chi connectivity index (χ0) is 13.8. The molecule has 1 unspecified atom stereocenters. The van der Waals surface area contributed by atoms with E-state index in [1.54, 1.807) is 4.90 Å². The molecule has 1 heterocycles. The van der Waals surface area contributed by atoms with Gasteiger partial charge in [0.25, 0.3) is 0 Å². The van der Waals surface area contributed by atoms with Crippen LogP contribution in [0.4, 0.5) is 10.5 Å². The molecule has 1 saturated heterocycles. The molecule has 1 aliphatic heterocycles. The quantitative estimate of drug-likeness (QED) is 0.906. The number of carbonyl (C=O) groups is 2. The van der Waals surface area contributed by atoms with Crippen molar-refractivity contribution in [3.05, 3.63) is 29.8 Å². The van der Waals surface area contributed by atoms with E-state index in [2.05, 4.69) is 0 Å². The number of anilines is 1. The van der Waals surface area contributed by atoms with Crippen LogP contribution in [0.1, 0.15) is 25.3 Å². The number of aliphatic carboxylic acids is 1. The van der Waals surface area contributed by atoms with Gasteiger partial charge in [0.15, 0.2) is 0 Å². The minimum absolute atomic E-state index is 0.130. The fraction of sp³-hybridized carbons (Fsp3) is 0.429. The number of cyclic esters (lactones) is 1. The Bertz CT molecular complexity index is 486. The molecule has 1 aromatic carbocycles. The molecule has 0 saturated carbocycles. The van der Waals surface area contributed by atoms with E-state index < -0.39 is 18.2 Å². The second kappa shape index (κ2) is 5.73. The average molecular weight is 263 g/mol. The summed E-state index contributed by atoms with van der Waals surface area (Å²) in [4.78, 5) is 24.2. The maximum atomic E-state index is 12.0. The Morgan fingerprint density at radius 2 is 2.21 bits per heavy atom. The van der Waals surface area contributed by atoms with Crippen LogP contribution in [0.15, 0.2) is 24.3 Å². The second-order valence-corrected chi connectivity index (χ2v) is 4.53. The number of carboxylic acids is 1. The summed E-state index contributed by atoms with van der Waals surface area (Å²) in [5, 5.41) is 8.71. The molecule has 1 atom stereocenters. The van der Waals surface area contributed by atoms with Gasteiger partial charge in [0, 0.05) is 13.0 Å². The van der Waals surface area contributed by atoms with Gasteiger partial charge in [0.1, 0.15) is 6.10 Å². The highest BCUT2D eigenvalue weighted by molar-refractivity contribution is 5.89. The molecule has 19 heavy (non-hydrogen) atoms. The normalized spacial score (nSPS) is 19.1. The highest BCUT2D eigenvalue weighted by Gasteiger charge is 2.30. The zero-order valence-corrected chi connectivity index (χ0v) is 10.8. The smallest absolute Gasteiger partial charge is 0.414 e. The molecule has 1 N–H and O–H groups in total. The summed E-state index contributed by atoms with van der Waals surface area (Å²) in [6.07, 6.45) is 0.261. The van der Waals surface area contributed by atoms with E-state index >= 15 is 0 Å². The molecule has 1 aromatic rings. The number of amides is 1. The van der Waals surface area contributed by atoms with Crippen LogP contribution in [-0.2, 0) is 16.0 Å². The Hall–Kier alpha value is -2.04. The summed E-state index contributed by atoms with van der Waals surface area (Å²) in [6, 6.07) is 7.68. The third-order valence-electron chi connectivity index (χ3n) is 3.23. The monoisotopic (exact) mass is 263 g/mol. The lowest BCUT2D eigenvalue weighted by atomic mass is 10.1. The molecule has 0 radical (unpaired) electrons. The molecular weight excluding hydrogens is 246 g/mol. The number of aryl methyl sites for hydroxylation is 1. The number of rotatable bonds is 4. The first-order chi connectivity index (χ1) is 9.11. The van der Waals surface area contributed by atoms with Gasteiger partial charge in [-0.2, -0.15) is 0 Å². The van der Waals surface area contributed by atoms with Crippen molar-refractivity contribution in [1.82, 2.24) is 0 Å². The van der Waals surface area contributed by atoms with Gasteiger partial charge in [0.2, 0.25) is 0 Å². The first kappa shape index (κ1) is 13.4. The predicted molar refractivity (Wildman–Crippen MR) is 70.3 cm³/mol. The van der Waals surface area contributed by atoms with E-state index in [-0.39, 0.29) is 6.42 Å². The predicted octanol–water partition coefficient (Wildman–Crippen LogP) is 2.44. The van der Waals surface area contributed by atoms with Crippen LogP contribution >= 0.6 is 0 Å². The molecule has 1 amide bonds. The van der Waals surface area contributed by atoms with Crippen LogP contribution in [0.3, 0.4) is 0 Å². The van der Waals surface area contributed by atoms with Crippen molar-refractivity contribution >= 4 is 17.7 Å². The van der Waals surface area contributed by atoms with Gasteiger partial charge in [-0.3, -0.25) is 9.69 Å². The maximum absolute atomic E-state index is 12.0. The third kappa shape index (κ3) is 3.05. The van der Waals surface area contributed by atoms with Crippen LogP contribution in [0.5, 0.6) is 0 Å². The van der Waals surface area contributed by atoms with E-state index in [9.17, 15) is 9.59 Å². The van der Waals surface area contributed by atoms with Crippen molar-refractivity contribution in [2.45, 2.75) is 32.3 Å². The third-order valence-corrected chi connectivity index (χ3v) is 3.23. The van der Waals surface area contributed by atoms with Crippen molar-refractivity contribution in [2.75, 3.05) is 11.4 Å². The van der Waals surface area contributed by atoms with Crippen LogP contribution in [0, 0.1) is 0 Å². The Balaban J connectivity index is 2.11. The second-order valence-electron chi connectivity index (χ2n) is 4.53. The van der Waals surface area contributed by atoms with Crippen LogP contribution in [0.25, 0.3) is 0 Å². The van der Waals surface area contributed by atoms with Gasteiger partial charge in [0.05, 0.1) is 12.1 Å². The molecule has 5 heteroatoms. The number of carbonyl (C=O) groups excluding carboxylic acids is 1. The Labute approximate surface area is 111 Å². The maximum Gasteiger partial charge on any atom is 0.414 e. The van der Waals surface area contributed by atoms with Gasteiger partial charge in [-0.15, -0.1) is 0 Å². The molecule has 0 spiro atoms. The fourth-order valence-electron chi connectivity index (χ4n) is 2.26. The van der Waals surface area contributed by atoms with E-state index in [0.29, 0.717) is 13.0 Å². The van der Waals surface area contributed by atoms with Gasteiger partial charge >= 0.3 is 12.1 Å². The first-order valence-electron chi connectivity index (χ1n) is 6.39. The fourth-order valence-corrected chi connectivity index (χ4v) is 2.26.